The minimum Gasteiger partial charge on any atom is -0.466 e. The molecule has 10 heteroatoms. The molecule has 10 nitrogen and oxygen atoms in total. The van der Waals surface area contributed by atoms with Crippen LogP contribution in [0.15, 0.2) is 59.0 Å². The van der Waals surface area contributed by atoms with E-state index in [9.17, 15) is 19.2 Å². The summed E-state index contributed by atoms with van der Waals surface area (Å²) in [6.07, 6.45) is 10.2. The maximum Gasteiger partial charge on any atom is 0.306 e. The quantitative estimate of drug-likeness (QED) is 0.155. The van der Waals surface area contributed by atoms with Crippen LogP contribution in [0.3, 0.4) is 0 Å². The Kier molecular flexibility index (Phi) is 12.2. The minimum atomic E-state index is -0.261. The zero-order valence-corrected chi connectivity index (χ0v) is 29.5. The van der Waals surface area contributed by atoms with Gasteiger partial charge in [-0.25, -0.2) is 0 Å². The molecule has 4 heterocycles. The SMILES string of the molecule is C=CC1=C(C)/C(=C/c2[nH]c(Cc3[nH]c(/C=C4\NC(=O)C(C=C)=C4C)c(C)c3CCC(=O)OCCC)c(CCC(=O)OCCC)c2C)NC1=O. The van der Waals surface area contributed by atoms with Gasteiger partial charge in [-0.2, -0.15) is 0 Å². The summed E-state index contributed by atoms with van der Waals surface area (Å²) in [6, 6.07) is 0. The fourth-order valence-electron chi connectivity index (χ4n) is 6.18. The molecular weight excluding hydrogens is 620 g/mol. The van der Waals surface area contributed by atoms with E-state index in [-0.39, 0.29) is 36.6 Å². The highest BCUT2D eigenvalue weighted by molar-refractivity contribution is 6.04. The predicted molar refractivity (Wildman–Crippen MR) is 191 cm³/mol. The molecule has 2 aromatic heterocycles. The number of carbonyl (C=O) groups excluding carboxylic acids is 4. The largest absolute Gasteiger partial charge is 0.466 e. The van der Waals surface area contributed by atoms with Crippen LogP contribution in [0.1, 0.15) is 98.4 Å². The summed E-state index contributed by atoms with van der Waals surface area (Å²) in [5, 5.41) is 5.86. The van der Waals surface area contributed by atoms with Crippen LogP contribution in [-0.4, -0.2) is 46.9 Å². The zero-order chi connectivity index (χ0) is 35.8. The highest BCUT2D eigenvalue weighted by Crippen LogP contribution is 2.31. The lowest BCUT2D eigenvalue weighted by Gasteiger charge is -2.09. The standard InChI is InChI=1S/C39H48N4O6/c1-9-17-48-36(44)15-13-28-24(7)30(19-32-22(5)26(11-3)38(46)42-32)40-34(28)21-35-29(14-16-37(45)49-18-10-2)25(8)31(41-35)20-33-23(6)27(12-4)39(47)43-33/h11-12,19-20,40-41H,3-4,9-10,13-18,21H2,1-2,5-8H3,(H,42,46)(H,43,47)/b32-19-,33-20-. The number of nitrogens with one attached hydrogen (secondary N) is 4. The summed E-state index contributed by atoms with van der Waals surface area (Å²) in [7, 11) is 0. The molecular formula is C39H48N4O6. The van der Waals surface area contributed by atoms with Crippen molar-refractivity contribution >= 4 is 35.9 Å². The van der Waals surface area contributed by atoms with Gasteiger partial charge in [-0.1, -0.05) is 39.2 Å². The molecule has 49 heavy (non-hydrogen) atoms. The Labute approximate surface area is 288 Å². The van der Waals surface area contributed by atoms with Gasteiger partial charge in [-0.15, -0.1) is 0 Å². The molecule has 0 radical (unpaired) electrons. The number of esters is 2. The molecule has 0 aliphatic carbocycles. The van der Waals surface area contributed by atoms with Gasteiger partial charge in [0.25, 0.3) is 11.8 Å². The van der Waals surface area contributed by atoms with Crippen LogP contribution in [-0.2, 0) is 47.9 Å². The van der Waals surface area contributed by atoms with Crippen molar-refractivity contribution in [3.8, 4) is 0 Å². The number of H-pyrrole nitrogens is 2. The van der Waals surface area contributed by atoms with E-state index in [2.05, 4.69) is 33.8 Å². The van der Waals surface area contributed by atoms with Gasteiger partial charge in [-0.05, 0) is 98.9 Å². The molecule has 0 spiro atoms. The fourth-order valence-corrected chi connectivity index (χ4v) is 6.18. The Morgan fingerprint density at radius 3 is 1.39 bits per heavy atom. The third kappa shape index (κ3) is 8.31. The Hall–Kier alpha value is -5.12. The van der Waals surface area contributed by atoms with Crippen LogP contribution < -0.4 is 10.6 Å². The summed E-state index contributed by atoms with van der Waals surface area (Å²) >= 11 is 0. The fraction of sp³-hybridized carbons (Fsp3) is 0.385. The van der Waals surface area contributed by atoms with Crippen molar-refractivity contribution in [1.29, 1.82) is 0 Å². The number of carbonyl (C=O) groups is 4. The molecule has 260 valence electrons. The van der Waals surface area contributed by atoms with Crippen LogP contribution >= 0.6 is 0 Å². The molecule has 0 saturated heterocycles. The maximum atomic E-state index is 12.6. The molecule has 0 saturated carbocycles. The van der Waals surface area contributed by atoms with Gasteiger partial charge < -0.3 is 30.1 Å². The second-order valence-corrected chi connectivity index (χ2v) is 12.4. The van der Waals surface area contributed by atoms with Gasteiger partial charge in [0, 0.05) is 64.6 Å². The van der Waals surface area contributed by atoms with Crippen LogP contribution in [0.5, 0.6) is 0 Å². The maximum absolute atomic E-state index is 12.6. The van der Waals surface area contributed by atoms with Gasteiger partial charge in [0.1, 0.15) is 0 Å². The van der Waals surface area contributed by atoms with Crippen molar-refractivity contribution in [3.05, 3.63) is 104 Å². The van der Waals surface area contributed by atoms with E-state index in [1.165, 1.54) is 0 Å². The Balaban J connectivity index is 1.78. The molecule has 4 rings (SSSR count). The van der Waals surface area contributed by atoms with E-state index >= 15 is 0 Å². The summed E-state index contributed by atoms with van der Waals surface area (Å²) < 4.78 is 10.7. The van der Waals surface area contributed by atoms with Crippen molar-refractivity contribution in [1.82, 2.24) is 20.6 Å². The van der Waals surface area contributed by atoms with Gasteiger partial charge in [0.2, 0.25) is 0 Å². The van der Waals surface area contributed by atoms with E-state index in [0.717, 1.165) is 69.0 Å². The lowest BCUT2D eigenvalue weighted by atomic mass is 9.98. The number of amides is 2. The van der Waals surface area contributed by atoms with Crippen LogP contribution in [0.25, 0.3) is 12.2 Å². The van der Waals surface area contributed by atoms with E-state index in [1.54, 1.807) is 12.2 Å². The van der Waals surface area contributed by atoms with Crippen molar-refractivity contribution in [2.75, 3.05) is 13.2 Å². The first-order chi connectivity index (χ1) is 23.4. The van der Waals surface area contributed by atoms with E-state index in [4.69, 9.17) is 9.47 Å². The average molecular weight is 669 g/mol. The van der Waals surface area contributed by atoms with Gasteiger partial charge >= 0.3 is 11.9 Å². The molecule has 4 N–H and O–H groups in total. The van der Waals surface area contributed by atoms with Crippen molar-refractivity contribution in [2.45, 2.75) is 86.5 Å². The van der Waals surface area contributed by atoms with Crippen molar-refractivity contribution < 1.29 is 28.7 Å². The number of aromatic nitrogens is 2. The molecule has 0 unspecified atom stereocenters. The van der Waals surface area contributed by atoms with Crippen LogP contribution in [0.4, 0.5) is 0 Å². The molecule has 0 fully saturated rings. The van der Waals surface area contributed by atoms with Crippen LogP contribution in [0.2, 0.25) is 0 Å². The zero-order valence-electron chi connectivity index (χ0n) is 29.5. The Morgan fingerprint density at radius 1 is 0.673 bits per heavy atom. The average Bonchev–Trinajstić information content (AvgIpc) is 3.72. The molecule has 0 aromatic carbocycles. The first-order valence-corrected chi connectivity index (χ1v) is 16.9. The van der Waals surface area contributed by atoms with Crippen molar-refractivity contribution in [2.24, 2.45) is 0 Å². The van der Waals surface area contributed by atoms with Gasteiger partial charge in [0.15, 0.2) is 0 Å². The molecule has 2 aliphatic heterocycles. The van der Waals surface area contributed by atoms with Crippen molar-refractivity contribution in [3.63, 3.8) is 0 Å². The summed E-state index contributed by atoms with van der Waals surface area (Å²) in [4.78, 5) is 57.3. The van der Waals surface area contributed by atoms with E-state index in [0.29, 0.717) is 55.0 Å². The third-order valence-electron chi connectivity index (χ3n) is 9.05. The monoisotopic (exact) mass is 668 g/mol. The predicted octanol–water partition coefficient (Wildman–Crippen LogP) is 6.27. The number of allylic oxidation sites excluding steroid dienone is 2. The van der Waals surface area contributed by atoms with Gasteiger partial charge in [0.05, 0.1) is 13.2 Å². The molecule has 2 amide bonds. The number of rotatable bonds is 16. The molecule has 0 atom stereocenters. The second kappa shape index (κ2) is 16.3. The van der Waals surface area contributed by atoms with E-state index in [1.807, 2.05) is 53.7 Å². The Bertz CT molecular complexity index is 1680. The smallest absolute Gasteiger partial charge is 0.306 e. The minimum absolute atomic E-state index is 0.198. The topological polar surface area (TPSA) is 142 Å². The first kappa shape index (κ1) is 36.7. The second-order valence-electron chi connectivity index (χ2n) is 12.4. The van der Waals surface area contributed by atoms with Gasteiger partial charge in [-0.3, -0.25) is 19.2 Å². The lowest BCUT2D eigenvalue weighted by molar-refractivity contribution is -0.144. The lowest BCUT2D eigenvalue weighted by Crippen LogP contribution is -2.15. The van der Waals surface area contributed by atoms with Crippen LogP contribution in [0, 0.1) is 13.8 Å². The summed E-state index contributed by atoms with van der Waals surface area (Å²) in [6.45, 7) is 20.0. The molecule has 2 aliphatic rings. The number of aromatic amines is 2. The molecule has 0 bridgehead atoms. The number of hydrogen-bond donors (Lipinski definition) is 4. The normalized spacial score (nSPS) is 16.1. The third-order valence-corrected chi connectivity index (χ3v) is 9.05. The summed E-state index contributed by atoms with van der Waals surface area (Å²) in [5.74, 6) is -0.918. The first-order valence-electron chi connectivity index (χ1n) is 16.9. The summed E-state index contributed by atoms with van der Waals surface area (Å²) in [5.41, 5.74) is 11.3. The number of hydrogen-bond acceptors (Lipinski definition) is 6. The molecule has 2 aromatic rings. The highest BCUT2D eigenvalue weighted by atomic mass is 16.5. The van der Waals surface area contributed by atoms with E-state index < -0.39 is 0 Å². The highest BCUT2D eigenvalue weighted by Gasteiger charge is 2.26. The number of ether oxygens (including phenoxy) is 2. The Morgan fingerprint density at radius 2 is 1.06 bits per heavy atom.